The molecule has 3 amide bonds. The van der Waals surface area contributed by atoms with Crippen LogP contribution in [0.5, 0.6) is 5.75 Å². The van der Waals surface area contributed by atoms with Gasteiger partial charge in [0, 0.05) is 30.3 Å². The number of amides is 3. The highest BCUT2D eigenvalue weighted by Gasteiger charge is 2.34. The van der Waals surface area contributed by atoms with E-state index in [0.717, 1.165) is 0 Å². The van der Waals surface area contributed by atoms with Gasteiger partial charge in [-0.05, 0) is 69.0 Å². The highest BCUT2D eigenvalue weighted by molar-refractivity contribution is 5.98. The average molecular weight is 438 g/mol. The molecule has 1 aliphatic heterocycles. The first-order chi connectivity index (χ1) is 15.4. The SMILES string of the molecule is COc1ccc(C(=O)NC(C(=O)NC(C)C)C2CCN(C(=O)c3ccccc3)CC2)cc1. The van der Waals surface area contributed by atoms with Gasteiger partial charge in [-0.25, -0.2) is 0 Å². The van der Waals surface area contributed by atoms with Crippen LogP contribution in [0, 0.1) is 5.92 Å². The third-order valence-electron chi connectivity index (χ3n) is 5.67. The quantitative estimate of drug-likeness (QED) is 0.697. The zero-order valence-corrected chi connectivity index (χ0v) is 18.8. The van der Waals surface area contributed by atoms with E-state index in [2.05, 4.69) is 10.6 Å². The number of likely N-dealkylation sites (tertiary alicyclic amines) is 1. The topological polar surface area (TPSA) is 87.7 Å². The normalized spacial score (nSPS) is 15.2. The molecule has 1 aliphatic rings. The van der Waals surface area contributed by atoms with Crippen LogP contribution in [0.2, 0.25) is 0 Å². The second-order valence-electron chi connectivity index (χ2n) is 8.34. The number of rotatable bonds is 7. The molecule has 1 fully saturated rings. The summed E-state index contributed by atoms with van der Waals surface area (Å²) in [6.07, 6.45) is 1.27. The number of hydrogen-bond donors (Lipinski definition) is 2. The van der Waals surface area contributed by atoms with Gasteiger partial charge in [-0.2, -0.15) is 0 Å². The van der Waals surface area contributed by atoms with Crippen LogP contribution >= 0.6 is 0 Å². The van der Waals surface area contributed by atoms with Crippen molar-refractivity contribution < 1.29 is 19.1 Å². The van der Waals surface area contributed by atoms with E-state index >= 15 is 0 Å². The molecule has 1 saturated heterocycles. The molecule has 0 radical (unpaired) electrons. The van der Waals surface area contributed by atoms with Crippen molar-refractivity contribution in [1.82, 2.24) is 15.5 Å². The zero-order valence-electron chi connectivity index (χ0n) is 18.8. The van der Waals surface area contributed by atoms with Gasteiger partial charge in [-0.15, -0.1) is 0 Å². The molecule has 2 N–H and O–H groups in total. The lowest BCUT2D eigenvalue weighted by atomic mass is 9.88. The van der Waals surface area contributed by atoms with Gasteiger partial charge in [0.05, 0.1) is 7.11 Å². The Bertz CT molecular complexity index is 920. The summed E-state index contributed by atoms with van der Waals surface area (Å²) in [5, 5.41) is 5.85. The van der Waals surface area contributed by atoms with Gasteiger partial charge in [0.15, 0.2) is 0 Å². The molecule has 7 nitrogen and oxygen atoms in total. The molecular formula is C25H31N3O4. The maximum absolute atomic E-state index is 12.9. The molecule has 7 heteroatoms. The first kappa shape index (κ1) is 23.3. The molecule has 1 atom stereocenters. The second kappa shape index (κ2) is 10.8. The van der Waals surface area contributed by atoms with Gasteiger partial charge in [0.25, 0.3) is 11.8 Å². The summed E-state index contributed by atoms with van der Waals surface area (Å²) >= 11 is 0. The van der Waals surface area contributed by atoms with Gasteiger partial charge in [0.2, 0.25) is 5.91 Å². The summed E-state index contributed by atoms with van der Waals surface area (Å²) in [4.78, 5) is 40.3. The van der Waals surface area contributed by atoms with Gasteiger partial charge in [-0.3, -0.25) is 14.4 Å². The maximum Gasteiger partial charge on any atom is 0.253 e. The van der Waals surface area contributed by atoms with E-state index < -0.39 is 6.04 Å². The summed E-state index contributed by atoms with van der Waals surface area (Å²) in [7, 11) is 1.57. The van der Waals surface area contributed by atoms with E-state index in [0.29, 0.717) is 42.8 Å². The number of carbonyl (C=O) groups excluding carboxylic acids is 3. The van der Waals surface area contributed by atoms with Crippen LogP contribution in [0.4, 0.5) is 0 Å². The Morgan fingerprint density at radius 3 is 2.09 bits per heavy atom. The van der Waals surface area contributed by atoms with E-state index in [9.17, 15) is 14.4 Å². The van der Waals surface area contributed by atoms with Crippen molar-refractivity contribution in [3.63, 3.8) is 0 Å². The average Bonchev–Trinajstić information content (AvgIpc) is 2.82. The number of methoxy groups -OCH3 is 1. The minimum Gasteiger partial charge on any atom is -0.497 e. The van der Waals surface area contributed by atoms with E-state index in [1.165, 1.54) is 0 Å². The van der Waals surface area contributed by atoms with Crippen molar-refractivity contribution in [2.45, 2.75) is 38.8 Å². The lowest BCUT2D eigenvalue weighted by Crippen LogP contribution is -2.54. The molecule has 170 valence electrons. The number of benzene rings is 2. The molecule has 2 aromatic carbocycles. The molecule has 1 unspecified atom stereocenters. The largest absolute Gasteiger partial charge is 0.497 e. The smallest absolute Gasteiger partial charge is 0.253 e. The number of carbonyl (C=O) groups is 3. The predicted molar refractivity (Wildman–Crippen MR) is 123 cm³/mol. The first-order valence-corrected chi connectivity index (χ1v) is 11.0. The monoisotopic (exact) mass is 437 g/mol. The van der Waals surface area contributed by atoms with Crippen LogP contribution in [-0.4, -0.2) is 54.9 Å². The number of nitrogens with zero attached hydrogens (tertiary/aromatic N) is 1. The number of piperidine rings is 1. The van der Waals surface area contributed by atoms with Crippen LogP contribution in [0.3, 0.4) is 0 Å². The summed E-state index contributed by atoms with van der Waals surface area (Å²) < 4.78 is 5.14. The number of ether oxygens (including phenoxy) is 1. The summed E-state index contributed by atoms with van der Waals surface area (Å²) in [5.74, 6) is 0.0884. The Hall–Kier alpha value is -3.35. The minimum atomic E-state index is -0.666. The van der Waals surface area contributed by atoms with Crippen LogP contribution in [0.15, 0.2) is 54.6 Å². The number of nitrogens with one attached hydrogen (secondary N) is 2. The second-order valence-corrected chi connectivity index (χ2v) is 8.34. The molecule has 0 aliphatic carbocycles. The third-order valence-corrected chi connectivity index (χ3v) is 5.67. The summed E-state index contributed by atoms with van der Waals surface area (Å²) in [6.45, 7) is 4.87. The fourth-order valence-electron chi connectivity index (χ4n) is 3.94. The molecule has 0 spiro atoms. The molecule has 3 rings (SSSR count). The Morgan fingerprint density at radius 2 is 1.53 bits per heavy atom. The predicted octanol–water partition coefficient (Wildman–Crippen LogP) is 2.87. The fraction of sp³-hybridized carbons (Fsp3) is 0.400. The van der Waals surface area contributed by atoms with Crippen LogP contribution < -0.4 is 15.4 Å². The van der Waals surface area contributed by atoms with E-state index in [1.807, 2.05) is 49.1 Å². The van der Waals surface area contributed by atoms with Crippen LogP contribution in [0.1, 0.15) is 47.4 Å². The van der Waals surface area contributed by atoms with Gasteiger partial charge in [-0.1, -0.05) is 18.2 Å². The molecule has 0 bridgehead atoms. The lowest BCUT2D eigenvalue weighted by Gasteiger charge is -2.36. The minimum absolute atomic E-state index is 0.00509. The molecular weight excluding hydrogens is 406 g/mol. The van der Waals surface area contributed by atoms with Crippen molar-refractivity contribution in [3.8, 4) is 5.75 Å². The van der Waals surface area contributed by atoms with E-state index in [4.69, 9.17) is 4.74 Å². The third kappa shape index (κ3) is 5.87. The van der Waals surface area contributed by atoms with Crippen LogP contribution in [0.25, 0.3) is 0 Å². The van der Waals surface area contributed by atoms with Gasteiger partial charge in [0.1, 0.15) is 11.8 Å². The first-order valence-electron chi connectivity index (χ1n) is 11.0. The highest BCUT2D eigenvalue weighted by Crippen LogP contribution is 2.23. The van der Waals surface area contributed by atoms with Crippen molar-refractivity contribution in [2.75, 3.05) is 20.2 Å². The zero-order chi connectivity index (χ0) is 23.1. The Labute approximate surface area is 189 Å². The number of hydrogen-bond acceptors (Lipinski definition) is 4. The fourth-order valence-corrected chi connectivity index (χ4v) is 3.94. The molecule has 1 heterocycles. The van der Waals surface area contributed by atoms with Crippen molar-refractivity contribution >= 4 is 17.7 Å². The van der Waals surface area contributed by atoms with Gasteiger partial charge < -0.3 is 20.3 Å². The molecule has 0 saturated carbocycles. The van der Waals surface area contributed by atoms with Gasteiger partial charge >= 0.3 is 0 Å². The van der Waals surface area contributed by atoms with E-state index in [1.54, 1.807) is 31.4 Å². The molecule has 2 aromatic rings. The van der Waals surface area contributed by atoms with E-state index in [-0.39, 0.29) is 29.7 Å². The van der Waals surface area contributed by atoms with Crippen molar-refractivity contribution in [3.05, 3.63) is 65.7 Å². The Balaban J connectivity index is 1.68. The van der Waals surface area contributed by atoms with Crippen LogP contribution in [-0.2, 0) is 4.79 Å². The Kier molecular flexibility index (Phi) is 7.87. The summed E-state index contributed by atoms with van der Waals surface area (Å²) in [5.41, 5.74) is 1.12. The van der Waals surface area contributed by atoms with Crippen molar-refractivity contribution in [1.29, 1.82) is 0 Å². The molecule has 0 aromatic heterocycles. The maximum atomic E-state index is 12.9. The highest BCUT2D eigenvalue weighted by atomic mass is 16.5. The summed E-state index contributed by atoms with van der Waals surface area (Å²) in [6, 6.07) is 15.3. The molecule has 32 heavy (non-hydrogen) atoms. The lowest BCUT2D eigenvalue weighted by molar-refractivity contribution is -0.125. The standard InChI is InChI=1S/C25H31N3O4/c1-17(2)26-24(30)22(27-23(29)19-9-11-21(32-3)12-10-19)18-13-15-28(16-14-18)25(31)20-7-5-4-6-8-20/h4-12,17-18,22H,13-16H2,1-3H3,(H,26,30)(H,27,29). The van der Waals surface area contributed by atoms with Crippen molar-refractivity contribution in [2.24, 2.45) is 5.92 Å². The Morgan fingerprint density at radius 1 is 0.906 bits per heavy atom.